The predicted octanol–water partition coefficient (Wildman–Crippen LogP) is 4.44. The molecule has 3 nitrogen and oxygen atoms in total. The summed E-state index contributed by atoms with van der Waals surface area (Å²) in [5.41, 5.74) is 6.26. The number of fused-ring (bicyclic) bond motifs is 6. The summed E-state index contributed by atoms with van der Waals surface area (Å²) in [4.78, 5) is 4.69. The number of benzene rings is 2. The van der Waals surface area contributed by atoms with Gasteiger partial charge in [0.2, 0.25) is 0 Å². The maximum Gasteiger partial charge on any atom is 0.145 e. The van der Waals surface area contributed by atoms with E-state index in [-0.39, 0.29) is 0 Å². The minimum Gasteiger partial charge on any atom is -0.299 e. The van der Waals surface area contributed by atoms with Crippen molar-refractivity contribution >= 4 is 27.3 Å². The van der Waals surface area contributed by atoms with Gasteiger partial charge in [-0.2, -0.15) is 5.26 Å². The lowest BCUT2D eigenvalue weighted by atomic mass is 9.99. The molecule has 0 aliphatic carbocycles. The molecule has 0 spiro atoms. The summed E-state index contributed by atoms with van der Waals surface area (Å²) in [7, 11) is 0. The van der Waals surface area contributed by atoms with Crippen molar-refractivity contribution in [1.29, 1.82) is 5.26 Å². The summed E-state index contributed by atoms with van der Waals surface area (Å²) in [5, 5.41) is 12.6. The smallest absolute Gasteiger partial charge is 0.145 e. The highest BCUT2D eigenvalue weighted by atomic mass is 15.0. The molecule has 2 aromatic carbocycles. The molecule has 0 N–H and O–H groups in total. The molecular formula is C19H15N3. The van der Waals surface area contributed by atoms with Crippen molar-refractivity contribution < 1.29 is 0 Å². The van der Waals surface area contributed by atoms with Gasteiger partial charge in [-0.3, -0.25) is 4.40 Å². The first kappa shape index (κ1) is 12.8. The van der Waals surface area contributed by atoms with Crippen molar-refractivity contribution in [3.8, 4) is 6.07 Å². The summed E-state index contributed by atoms with van der Waals surface area (Å²) < 4.78 is 2.17. The van der Waals surface area contributed by atoms with Gasteiger partial charge in [-0.15, -0.1) is 0 Å². The first-order valence-corrected chi connectivity index (χ1v) is 7.31. The Morgan fingerprint density at radius 3 is 2.59 bits per heavy atom. The van der Waals surface area contributed by atoms with Crippen LogP contribution >= 0.6 is 0 Å². The Labute approximate surface area is 128 Å². The third-order valence-corrected chi connectivity index (χ3v) is 4.19. The van der Waals surface area contributed by atoms with Gasteiger partial charge in [-0.05, 0) is 56.0 Å². The van der Waals surface area contributed by atoms with Crippen LogP contribution in [0.4, 0.5) is 0 Å². The molecule has 0 saturated carbocycles. The lowest BCUT2D eigenvalue weighted by molar-refractivity contribution is 1.24. The Morgan fingerprint density at radius 2 is 1.82 bits per heavy atom. The van der Waals surface area contributed by atoms with Gasteiger partial charge < -0.3 is 0 Å². The first-order valence-electron chi connectivity index (χ1n) is 7.31. The molecule has 2 aromatic heterocycles. The number of rotatable bonds is 0. The molecule has 106 valence electrons. The lowest BCUT2D eigenvalue weighted by Gasteiger charge is -2.12. The fraction of sp³-hybridized carbons (Fsp3) is 0.158. The van der Waals surface area contributed by atoms with Crippen LogP contribution in [0.15, 0.2) is 36.5 Å². The van der Waals surface area contributed by atoms with Crippen LogP contribution in [0.1, 0.15) is 22.4 Å². The largest absolute Gasteiger partial charge is 0.299 e. The lowest BCUT2D eigenvalue weighted by Crippen LogP contribution is -1.94. The predicted molar refractivity (Wildman–Crippen MR) is 89.1 cm³/mol. The van der Waals surface area contributed by atoms with Crippen LogP contribution in [-0.4, -0.2) is 9.38 Å². The monoisotopic (exact) mass is 285 g/mol. The van der Waals surface area contributed by atoms with Crippen molar-refractivity contribution in [2.24, 2.45) is 0 Å². The number of hydrogen-bond donors (Lipinski definition) is 0. The van der Waals surface area contributed by atoms with Crippen LogP contribution in [0.3, 0.4) is 0 Å². The van der Waals surface area contributed by atoms with Crippen LogP contribution in [-0.2, 0) is 0 Å². The van der Waals surface area contributed by atoms with Crippen molar-refractivity contribution in [3.05, 3.63) is 58.9 Å². The standard InChI is InChI=1S/C19H15N3/c1-11-6-12(2)18-17(7-11)16-8-14(9-20)4-5-15(16)19-21-13(3)10-22(18)19/h4-8,10H,1-3H3. The van der Waals surface area contributed by atoms with Crippen LogP contribution in [0.2, 0.25) is 0 Å². The molecule has 0 fully saturated rings. The number of nitrogens with zero attached hydrogens (tertiary/aromatic N) is 3. The summed E-state index contributed by atoms with van der Waals surface area (Å²) in [6.45, 7) is 6.25. The molecule has 4 rings (SSSR count). The SMILES string of the molecule is Cc1cc(C)c2c(c1)c1cc(C#N)ccc1c1nc(C)cn12. The van der Waals surface area contributed by atoms with E-state index >= 15 is 0 Å². The van der Waals surface area contributed by atoms with Crippen molar-refractivity contribution in [2.45, 2.75) is 20.8 Å². The number of hydrogen-bond acceptors (Lipinski definition) is 2. The highest BCUT2D eigenvalue weighted by molar-refractivity contribution is 6.13. The summed E-state index contributed by atoms with van der Waals surface area (Å²) >= 11 is 0. The molecule has 22 heavy (non-hydrogen) atoms. The number of imidazole rings is 1. The van der Waals surface area contributed by atoms with Gasteiger partial charge >= 0.3 is 0 Å². The molecule has 2 heterocycles. The Balaban J connectivity index is 2.40. The van der Waals surface area contributed by atoms with E-state index in [2.05, 4.69) is 42.6 Å². The highest BCUT2D eigenvalue weighted by Crippen LogP contribution is 2.32. The maximum absolute atomic E-state index is 9.22. The van der Waals surface area contributed by atoms with E-state index < -0.39 is 0 Å². The zero-order valence-corrected chi connectivity index (χ0v) is 12.8. The van der Waals surface area contributed by atoms with Gasteiger partial charge in [-0.25, -0.2) is 4.98 Å². The number of nitriles is 1. The van der Waals surface area contributed by atoms with Gasteiger partial charge in [0, 0.05) is 17.0 Å². The second-order valence-corrected chi connectivity index (χ2v) is 5.93. The normalized spacial score (nSPS) is 11.4. The minimum atomic E-state index is 0.681. The molecule has 0 amide bonds. The molecule has 0 saturated heterocycles. The van der Waals surface area contributed by atoms with E-state index in [0.29, 0.717) is 5.56 Å². The van der Waals surface area contributed by atoms with Crippen LogP contribution in [0.5, 0.6) is 0 Å². The average molecular weight is 285 g/mol. The van der Waals surface area contributed by atoms with Crippen LogP contribution in [0, 0.1) is 32.1 Å². The van der Waals surface area contributed by atoms with Crippen molar-refractivity contribution in [1.82, 2.24) is 9.38 Å². The second kappa shape index (κ2) is 4.32. The van der Waals surface area contributed by atoms with E-state index in [1.54, 1.807) is 0 Å². The van der Waals surface area contributed by atoms with Gasteiger partial charge in [-0.1, -0.05) is 11.6 Å². The summed E-state index contributed by atoms with van der Waals surface area (Å²) in [6.07, 6.45) is 2.08. The minimum absolute atomic E-state index is 0.681. The maximum atomic E-state index is 9.22. The number of pyridine rings is 1. The molecule has 0 aliphatic heterocycles. The van der Waals surface area contributed by atoms with Crippen molar-refractivity contribution in [2.75, 3.05) is 0 Å². The van der Waals surface area contributed by atoms with E-state index in [0.717, 1.165) is 22.1 Å². The van der Waals surface area contributed by atoms with E-state index in [1.165, 1.54) is 22.0 Å². The van der Waals surface area contributed by atoms with Gasteiger partial charge in [0.15, 0.2) is 0 Å². The Kier molecular flexibility index (Phi) is 2.52. The quantitative estimate of drug-likeness (QED) is 0.448. The third-order valence-electron chi connectivity index (χ3n) is 4.19. The molecule has 0 aliphatic rings. The van der Waals surface area contributed by atoms with Crippen LogP contribution in [0.25, 0.3) is 27.3 Å². The fourth-order valence-corrected chi connectivity index (χ4v) is 3.37. The number of aromatic nitrogens is 2. The first-order chi connectivity index (χ1) is 10.6. The average Bonchev–Trinajstić information content (AvgIpc) is 2.87. The van der Waals surface area contributed by atoms with E-state index in [9.17, 15) is 5.26 Å². The summed E-state index contributed by atoms with van der Waals surface area (Å²) in [6, 6.07) is 12.5. The Hall–Kier alpha value is -2.86. The molecule has 3 heteroatoms. The fourth-order valence-electron chi connectivity index (χ4n) is 3.37. The van der Waals surface area contributed by atoms with Gasteiger partial charge in [0.05, 0.1) is 22.8 Å². The zero-order chi connectivity index (χ0) is 15.4. The summed E-state index contributed by atoms with van der Waals surface area (Å²) in [5.74, 6) is 0. The molecule has 0 radical (unpaired) electrons. The number of aryl methyl sites for hydroxylation is 3. The zero-order valence-electron chi connectivity index (χ0n) is 12.8. The topological polar surface area (TPSA) is 41.1 Å². The third kappa shape index (κ3) is 1.64. The Bertz CT molecular complexity index is 1110. The van der Waals surface area contributed by atoms with Gasteiger partial charge in [0.25, 0.3) is 0 Å². The molecule has 0 atom stereocenters. The Morgan fingerprint density at radius 1 is 1.00 bits per heavy atom. The van der Waals surface area contributed by atoms with Crippen LogP contribution < -0.4 is 0 Å². The highest BCUT2D eigenvalue weighted by Gasteiger charge is 2.13. The molecular weight excluding hydrogens is 270 g/mol. The molecule has 0 unspecified atom stereocenters. The second-order valence-electron chi connectivity index (χ2n) is 5.93. The molecule has 0 bridgehead atoms. The van der Waals surface area contributed by atoms with E-state index in [1.807, 2.05) is 25.1 Å². The molecule has 4 aromatic rings. The van der Waals surface area contributed by atoms with Gasteiger partial charge in [0.1, 0.15) is 5.65 Å². The van der Waals surface area contributed by atoms with E-state index in [4.69, 9.17) is 4.98 Å². The van der Waals surface area contributed by atoms with Crippen molar-refractivity contribution in [3.63, 3.8) is 0 Å².